The van der Waals surface area contributed by atoms with E-state index >= 15 is 0 Å². The van der Waals surface area contributed by atoms with Crippen LogP contribution in [0.3, 0.4) is 0 Å². The number of amides is 2. The molecule has 1 aliphatic rings. The van der Waals surface area contributed by atoms with E-state index in [4.69, 9.17) is 4.74 Å². The van der Waals surface area contributed by atoms with Crippen LogP contribution < -0.4 is 5.32 Å². The minimum atomic E-state index is -1.05. The number of esters is 1. The number of rotatable bonds is 7. The molecule has 31 heavy (non-hydrogen) atoms. The van der Waals surface area contributed by atoms with E-state index in [0.29, 0.717) is 31.6 Å². The molecule has 2 N–H and O–H groups in total. The van der Waals surface area contributed by atoms with E-state index in [0.717, 1.165) is 10.9 Å². The lowest BCUT2D eigenvalue weighted by atomic mass is 9.95. The maximum atomic E-state index is 13.0. The monoisotopic (exact) mass is 430 g/mol. The highest BCUT2D eigenvalue weighted by atomic mass is 16.5. The van der Waals surface area contributed by atoms with Gasteiger partial charge >= 0.3 is 12.1 Å². The standard InChI is InChI=1S/C22H30N4O5/c1-4-31-19(27)12-11-16-10-9-15(13-25(16)22(29)30)23-21(28)20-17-7-5-6-8-18(17)26(24-20)14(2)3/h5-8,14-16H,4,9-13H2,1-3H3,(H,23,28)(H,29,30). The number of benzene rings is 1. The molecule has 2 unspecified atom stereocenters. The van der Waals surface area contributed by atoms with Crippen molar-refractivity contribution in [2.24, 2.45) is 0 Å². The molecule has 1 aromatic heterocycles. The van der Waals surface area contributed by atoms with Gasteiger partial charge in [0.15, 0.2) is 5.69 Å². The predicted octanol–water partition coefficient (Wildman–Crippen LogP) is 3.20. The highest BCUT2D eigenvalue weighted by molar-refractivity contribution is 6.05. The van der Waals surface area contributed by atoms with Gasteiger partial charge in [0.2, 0.25) is 0 Å². The van der Waals surface area contributed by atoms with Gasteiger partial charge in [-0.25, -0.2) is 4.79 Å². The Bertz CT molecular complexity index is 955. The smallest absolute Gasteiger partial charge is 0.407 e. The number of nitrogens with one attached hydrogen (secondary N) is 1. The number of carbonyl (C=O) groups is 3. The number of para-hydroxylation sites is 1. The lowest BCUT2D eigenvalue weighted by molar-refractivity contribution is -0.143. The Labute approximate surface area is 181 Å². The van der Waals surface area contributed by atoms with Gasteiger partial charge < -0.3 is 20.1 Å². The molecule has 1 fully saturated rings. The SMILES string of the molecule is CCOC(=O)CCC1CCC(NC(=O)c2nn(C(C)C)c3ccccc23)CN1C(=O)O. The van der Waals surface area contributed by atoms with E-state index < -0.39 is 6.09 Å². The molecule has 3 rings (SSSR count). The number of carbonyl (C=O) groups excluding carboxylic acids is 2. The summed E-state index contributed by atoms with van der Waals surface area (Å²) in [5.74, 6) is -0.633. The molecule has 2 aromatic rings. The van der Waals surface area contributed by atoms with Crippen molar-refractivity contribution in [3.8, 4) is 0 Å². The van der Waals surface area contributed by atoms with Crippen molar-refractivity contribution in [2.75, 3.05) is 13.2 Å². The summed E-state index contributed by atoms with van der Waals surface area (Å²) in [6, 6.07) is 7.09. The van der Waals surface area contributed by atoms with Crippen LogP contribution in [-0.2, 0) is 9.53 Å². The van der Waals surface area contributed by atoms with Crippen molar-refractivity contribution in [3.63, 3.8) is 0 Å². The summed E-state index contributed by atoms with van der Waals surface area (Å²) < 4.78 is 6.75. The lowest BCUT2D eigenvalue weighted by Gasteiger charge is -2.38. The summed E-state index contributed by atoms with van der Waals surface area (Å²) in [4.78, 5) is 37.7. The second-order valence-corrected chi connectivity index (χ2v) is 8.08. The Morgan fingerprint density at radius 3 is 2.68 bits per heavy atom. The number of hydrogen-bond donors (Lipinski definition) is 2. The van der Waals surface area contributed by atoms with E-state index in [9.17, 15) is 19.5 Å². The first kappa shape index (κ1) is 22.6. The van der Waals surface area contributed by atoms with Crippen LogP contribution in [-0.4, -0.2) is 63.0 Å². The Morgan fingerprint density at radius 2 is 2.00 bits per heavy atom. The fraction of sp³-hybridized carbons (Fsp3) is 0.545. The molecule has 1 saturated heterocycles. The molecule has 168 valence electrons. The predicted molar refractivity (Wildman–Crippen MR) is 115 cm³/mol. The molecule has 0 spiro atoms. The molecule has 9 nitrogen and oxygen atoms in total. The minimum absolute atomic E-state index is 0.101. The first-order valence-electron chi connectivity index (χ1n) is 10.7. The molecule has 1 aliphatic heterocycles. The van der Waals surface area contributed by atoms with Gasteiger partial charge in [0.1, 0.15) is 0 Å². The third-order valence-corrected chi connectivity index (χ3v) is 5.59. The number of aromatic nitrogens is 2. The molecule has 2 amide bonds. The van der Waals surface area contributed by atoms with Crippen molar-refractivity contribution < 1.29 is 24.2 Å². The molecule has 9 heteroatoms. The molecule has 2 atom stereocenters. The number of fused-ring (bicyclic) bond motifs is 1. The third kappa shape index (κ3) is 5.15. The summed E-state index contributed by atoms with van der Waals surface area (Å²) in [7, 11) is 0. The maximum Gasteiger partial charge on any atom is 0.407 e. The number of piperidine rings is 1. The van der Waals surface area contributed by atoms with E-state index in [1.807, 2.05) is 42.8 Å². The number of ether oxygens (including phenoxy) is 1. The topological polar surface area (TPSA) is 114 Å². The Balaban J connectivity index is 1.68. The fourth-order valence-corrected chi connectivity index (χ4v) is 4.10. The lowest BCUT2D eigenvalue weighted by Crippen LogP contribution is -2.53. The Morgan fingerprint density at radius 1 is 1.26 bits per heavy atom. The number of carboxylic acid groups (broad SMARTS) is 1. The van der Waals surface area contributed by atoms with Gasteiger partial charge in [-0.3, -0.25) is 14.3 Å². The van der Waals surface area contributed by atoms with Gasteiger partial charge in [0.25, 0.3) is 5.91 Å². The molecule has 0 saturated carbocycles. The molecule has 2 heterocycles. The van der Waals surface area contributed by atoms with Gasteiger partial charge in [0, 0.05) is 36.5 Å². The highest BCUT2D eigenvalue weighted by Crippen LogP contribution is 2.24. The highest BCUT2D eigenvalue weighted by Gasteiger charge is 2.33. The van der Waals surface area contributed by atoms with E-state index in [1.165, 1.54) is 4.90 Å². The van der Waals surface area contributed by atoms with E-state index in [-0.39, 0.29) is 43.0 Å². The van der Waals surface area contributed by atoms with Crippen LogP contribution in [0.1, 0.15) is 63.0 Å². The molecule has 0 bridgehead atoms. The molecule has 1 aromatic carbocycles. The molecule has 0 radical (unpaired) electrons. The van der Waals surface area contributed by atoms with E-state index in [1.54, 1.807) is 6.92 Å². The Hall–Kier alpha value is -3.10. The van der Waals surface area contributed by atoms with E-state index in [2.05, 4.69) is 10.4 Å². The molecular formula is C22H30N4O5. The van der Waals surface area contributed by atoms with Crippen molar-refractivity contribution in [1.82, 2.24) is 20.0 Å². The van der Waals surface area contributed by atoms with Crippen LogP contribution in [0.5, 0.6) is 0 Å². The average Bonchev–Trinajstić information content (AvgIpc) is 3.13. The van der Waals surface area contributed by atoms with Crippen molar-refractivity contribution in [3.05, 3.63) is 30.0 Å². The van der Waals surface area contributed by atoms with Crippen molar-refractivity contribution in [1.29, 1.82) is 0 Å². The number of nitrogens with zero attached hydrogens (tertiary/aromatic N) is 3. The Kier molecular flexibility index (Phi) is 7.14. The summed E-state index contributed by atoms with van der Waals surface area (Å²) in [5, 5.41) is 17.9. The zero-order valence-electron chi connectivity index (χ0n) is 18.2. The zero-order valence-corrected chi connectivity index (χ0v) is 18.2. The van der Waals surface area contributed by atoms with Gasteiger partial charge in [-0.2, -0.15) is 5.10 Å². The number of likely N-dealkylation sites (tertiary alicyclic amines) is 1. The minimum Gasteiger partial charge on any atom is -0.466 e. The second kappa shape index (κ2) is 9.80. The summed E-state index contributed by atoms with van der Waals surface area (Å²) in [5.41, 5.74) is 1.23. The first-order valence-corrected chi connectivity index (χ1v) is 10.7. The van der Waals surface area contributed by atoms with Crippen LogP contribution in [0.2, 0.25) is 0 Å². The van der Waals surface area contributed by atoms with Crippen LogP contribution in [0, 0.1) is 0 Å². The van der Waals surface area contributed by atoms with Crippen LogP contribution in [0.15, 0.2) is 24.3 Å². The first-order chi connectivity index (χ1) is 14.8. The third-order valence-electron chi connectivity index (χ3n) is 5.59. The van der Waals surface area contributed by atoms with Gasteiger partial charge in [-0.1, -0.05) is 18.2 Å². The fourth-order valence-electron chi connectivity index (χ4n) is 4.10. The van der Waals surface area contributed by atoms with Crippen LogP contribution >= 0.6 is 0 Å². The van der Waals surface area contributed by atoms with Crippen LogP contribution in [0.25, 0.3) is 10.9 Å². The van der Waals surface area contributed by atoms with Gasteiger partial charge in [-0.15, -0.1) is 0 Å². The van der Waals surface area contributed by atoms with Gasteiger partial charge in [0.05, 0.1) is 12.1 Å². The summed E-state index contributed by atoms with van der Waals surface area (Å²) in [6.07, 6.45) is 0.735. The molecular weight excluding hydrogens is 400 g/mol. The zero-order chi connectivity index (χ0) is 22.5. The van der Waals surface area contributed by atoms with Crippen molar-refractivity contribution in [2.45, 2.75) is 64.6 Å². The average molecular weight is 431 g/mol. The van der Waals surface area contributed by atoms with Crippen molar-refractivity contribution >= 4 is 28.9 Å². The number of hydrogen-bond acceptors (Lipinski definition) is 5. The summed E-state index contributed by atoms with van der Waals surface area (Å²) >= 11 is 0. The van der Waals surface area contributed by atoms with Crippen LogP contribution in [0.4, 0.5) is 4.79 Å². The summed E-state index contributed by atoms with van der Waals surface area (Å²) in [6.45, 7) is 6.23. The normalized spacial score (nSPS) is 18.9. The second-order valence-electron chi connectivity index (χ2n) is 8.08. The largest absolute Gasteiger partial charge is 0.466 e. The quantitative estimate of drug-likeness (QED) is 0.652. The molecule has 0 aliphatic carbocycles. The maximum absolute atomic E-state index is 13.0. The van der Waals surface area contributed by atoms with Gasteiger partial charge in [-0.05, 0) is 46.1 Å².